The highest BCUT2D eigenvalue weighted by atomic mass is 79.9. The van der Waals surface area contributed by atoms with Crippen molar-refractivity contribution in [1.29, 1.82) is 0 Å². The summed E-state index contributed by atoms with van der Waals surface area (Å²) >= 11 is 3.18. The number of aliphatic hydroxyl groups excluding tert-OH is 1. The molecule has 0 spiro atoms. The number of amides is 1. The lowest BCUT2D eigenvalue weighted by molar-refractivity contribution is -0.139. The van der Waals surface area contributed by atoms with Crippen LogP contribution in [-0.2, 0) is 4.79 Å². The second-order valence-electron chi connectivity index (χ2n) is 3.62. The predicted molar refractivity (Wildman–Crippen MR) is 69.1 cm³/mol. The molecule has 0 saturated heterocycles. The van der Waals surface area contributed by atoms with Gasteiger partial charge in [-0.05, 0) is 34.1 Å². The summed E-state index contributed by atoms with van der Waals surface area (Å²) in [5.41, 5.74) is 6.21. The van der Waals surface area contributed by atoms with E-state index in [1.807, 2.05) is 0 Å². The van der Waals surface area contributed by atoms with Crippen LogP contribution in [0, 0.1) is 0 Å². The second kappa shape index (κ2) is 6.36. The van der Waals surface area contributed by atoms with Crippen LogP contribution in [-0.4, -0.2) is 34.7 Å². The van der Waals surface area contributed by atoms with Gasteiger partial charge in [-0.2, -0.15) is 0 Å². The van der Waals surface area contributed by atoms with E-state index in [2.05, 4.69) is 21.2 Å². The first kappa shape index (κ1) is 14.5. The number of rotatable bonds is 5. The van der Waals surface area contributed by atoms with Gasteiger partial charge >= 0.3 is 5.97 Å². The number of aliphatic carboxylic acids is 1. The number of hydrogen-bond acceptors (Lipinski definition) is 4. The first-order valence-electron chi connectivity index (χ1n) is 5.15. The van der Waals surface area contributed by atoms with Crippen LogP contribution in [0.4, 0.5) is 5.69 Å². The molecule has 1 amide bonds. The fourth-order valence-corrected chi connectivity index (χ4v) is 1.77. The molecule has 18 heavy (non-hydrogen) atoms. The zero-order chi connectivity index (χ0) is 13.7. The van der Waals surface area contributed by atoms with E-state index in [0.717, 1.165) is 0 Å². The molecular formula is C11H13BrN2O4. The topological polar surface area (TPSA) is 113 Å². The normalized spacial score (nSPS) is 11.9. The highest BCUT2D eigenvalue weighted by Gasteiger charge is 2.21. The van der Waals surface area contributed by atoms with Gasteiger partial charge in [-0.1, -0.05) is 0 Å². The lowest BCUT2D eigenvalue weighted by Gasteiger charge is -2.14. The highest BCUT2D eigenvalue weighted by molar-refractivity contribution is 9.10. The molecule has 0 saturated carbocycles. The molecule has 98 valence electrons. The van der Waals surface area contributed by atoms with Gasteiger partial charge in [-0.3, -0.25) is 4.79 Å². The minimum atomic E-state index is -1.20. The fourth-order valence-electron chi connectivity index (χ4n) is 1.34. The molecule has 1 aromatic rings. The SMILES string of the molecule is Nc1ccc(Br)c(C(=O)N[C@@H](CCO)C(=O)O)c1. The molecule has 1 rings (SSSR count). The average Bonchev–Trinajstić information content (AvgIpc) is 2.31. The van der Waals surface area contributed by atoms with Gasteiger partial charge in [0.15, 0.2) is 0 Å². The van der Waals surface area contributed by atoms with Crippen molar-refractivity contribution in [2.45, 2.75) is 12.5 Å². The lowest BCUT2D eigenvalue weighted by Crippen LogP contribution is -2.41. The van der Waals surface area contributed by atoms with Crippen LogP contribution in [0.15, 0.2) is 22.7 Å². The van der Waals surface area contributed by atoms with Gasteiger partial charge in [0.1, 0.15) is 6.04 Å². The van der Waals surface area contributed by atoms with E-state index < -0.39 is 17.9 Å². The molecule has 0 aliphatic carbocycles. The molecule has 0 fully saturated rings. The quantitative estimate of drug-likeness (QED) is 0.594. The highest BCUT2D eigenvalue weighted by Crippen LogP contribution is 2.19. The van der Waals surface area contributed by atoms with Crippen molar-refractivity contribution < 1.29 is 19.8 Å². The number of carbonyl (C=O) groups is 2. The van der Waals surface area contributed by atoms with E-state index in [-0.39, 0.29) is 18.6 Å². The molecule has 5 N–H and O–H groups in total. The first-order valence-corrected chi connectivity index (χ1v) is 5.94. The van der Waals surface area contributed by atoms with Crippen LogP contribution in [0.2, 0.25) is 0 Å². The molecule has 0 radical (unpaired) electrons. The molecule has 0 unspecified atom stereocenters. The van der Waals surface area contributed by atoms with Gasteiger partial charge in [0, 0.05) is 23.2 Å². The van der Waals surface area contributed by atoms with Crippen molar-refractivity contribution in [1.82, 2.24) is 5.32 Å². The molecule has 0 heterocycles. The van der Waals surface area contributed by atoms with Crippen molar-refractivity contribution in [2.24, 2.45) is 0 Å². The van der Waals surface area contributed by atoms with Crippen molar-refractivity contribution in [3.8, 4) is 0 Å². The number of carboxylic acid groups (broad SMARTS) is 1. The predicted octanol–water partition coefficient (Wildman–Crippen LogP) is 0.597. The molecular weight excluding hydrogens is 304 g/mol. The first-order chi connectivity index (χ1) is 8.45. The van der Waals surface area contributed by atoms with E-state index >= 15 is 0 Å². The van der Waals surface area contributed by atoms with Crippen molar-refractivity contribution in [3.63, 3.8) is 0 Å². The standard InChI is InChI=1S/C11H13BrN2O4/c12-8-2-1-6(13)5-7(8)10(16)14-9(3-4-15)11(17)18/h1-2,5,9,15H,3-4,13H2,(H,14,16)(H,17,18)/t9-/m0/s1. The Morgan fingerprint density at radius 3 is 2.67 bits per heavy atom. The average molecular weight is 317 g/mol. The minimum Gasteiger partial charge on any atom is -0.480 e. The molecule has 0 aliphatic heterocycles. The summed E-state index contributed by atoms with van der Waals surface area (Å²) in [4.78, 5) is 22.7. The number of benzene rings is 1. The maximum Gasteiger partial charge on any atom is 0.326 e. The third-order valence-electron chi connectivity index (χ3n) is 2.26. The smallest absolute Gasteiger partial charge is 0.326 e. The number of nitrogen functional groups attached to an aromatic ring is 1. The van der Waals surface area contributed by atoms with Crippen LogP contribution in [0.3, 0.4) is 0 Å². The third kappa shape index (κ3) is 3.71. The van der Waals surface area contributed by atoms with E-state index in [9.17, 15) is 9.59 Å². The summed E-state index contributed by atoms with van der Waals surface area (Å²) in [7, 11) is 0. The van der Waals surface area contributed by atoms with Crippen molar-refractivity contribution in [2.75, 3.05) is 12.3 Å². The number of carbonyl (C=O) groups excluding carboxylic acids is 1. The maximum absolute atomic E-state index is 11.9. The second-order valence-corrected chi connectivity index (χ2v) is 4.47. The van der Waals surface area contributed by atoms with Crippen molar-refractivity contribution >= 4 is 33.5 Å². The van der Waals surface area contributed by atoms with Crippen LogP contribution in [0.25, 0.3) is 0 Å². The van der Waals surface area contributed by atoms with Crippen LogP contribution in [0.1, 0.15) is 16.8 Å². The molecule has 1 aromatic carbocycles. The minimum absolute atomic E-state index is 0.0546. The van der Waals surface area contributed by atoms with Crippen LogP contribution >= 0.6 is 15.9 Å². The van der Waals surface area contributed by atoms with Crippen LogP contribution in [0.5, 0.6) is 0 Å². The van der Waals surface area contributed by atoms with E-state index in [4.69, 9.17) is 15.9 Å². The summed E-state index contributed by atoms with van der Waals surface area (Å²) in [5, 5.41) is 19.9. The fraction of sp³-hybridized carbons (Fsp3) is 0.273. The molecule has 0 bridgehead atoms. The molecule has 0 aliphatic rings. The number of hydrogen-bond donors (Lipinski definition) is 4. The third-order valence-corrected chi connectivity index (χ3v) is 2.95. The number of aliphatic hydroxyl groups is 1. The van der Waals surface area contributed by atoms with Gasteiger partial charge in [0.2, 0.25) is 0 Å². The number of nitrogens with one attached hydrogen (secondary N) is 1. The Bertz CT molecular complexity index is 464. The Morgan fingerprint density at radius 1 is 1.44 bits per heavy atom. The Kier molecular flexibility index (Phi) is 5.11. The monoisotopic (exact) mass is 316 g/mol. The Hall–Kier alpha value is -1.60. The number of carboxylic acids is 1. The summed E-state index contributed by atoms with van der Waals surface area (Å²) in [6, 6.07) is 3.53. The zero-order valence-corrected chi connectivity index (χ0v) is 11.0. The van der Waals surface area contributed by atoms with E-state index in [0.29, 0.717) is 10.2 Å². The number of anilines is 1. The molecule has 6 nitrogen and oxygen atoms in total. The maximum atomic E-state index is 11.9. The Labute approximate surface area is 112 Å². The van der Waals surface area contributed by atoms with Gasteiger partial charge in [-0.15, -0.1) is 0 Å². The number of nitrogens with two attached hydrogens (primary N) is 1. The summed E-state index contributed by atoms with van der Waals surface area (Å²) < 4.78 is 0.516. The van der Waals surface area contributed by atoms with Gasteiger partial charge in [0.05, 0.1) is 5.56 Å². The number of halogens is 1. The summed E-state index contributed by atoms with van der Waals surface area (Å²) in [5.74, 6) is -1.76. The largest absolute Gasteiger partial charge is 0.480 e. The molecule has 0 aromatic heterocycles. The van der Waals surface area contributed by atoms with Gasteiger partial charge in [-0.25, -0.2) is 4.79 Å². The molecule has 1 atom stereocenters. The van der Waals surface area contributed by atoms with Gasteiger partial charge in [0.25, 0.3) is 5.91 Å². The van der Waals surface area contributed by atoms with Crippen LogP contribution < -0.4 is 11.1 Å². The summed E-state index contributed by atoms with van der Waals surface area (Å²) in [6.45, 7) is -0.324. The Morgan fingerprint density at radius 2 is 2.11 bits per heavy atom. The lowest BCUT2D eigenvalue weighted by atomic mass is 10.1. The van der Waals surface area contributed by atoms with E-state index in [1.165, 1.54) is 6.07 Å². The summed E-state index contributed by atoms with van der Waals surface area (Å²) in [6.07, 6.45) is -0.0546. The Balaban J connectivity index is 2.86. The molecule has 7 heteroatoms. The van der Waals surface area contributed by atoms with E-state index in [1.54, 1.807) is 12.1 Å². The van der Waals surface area contributed by atoms with Crippen molar-refractivity contribution in [3.05, 3.63) is 28.2 Å². The zero-order valence-electron chi connectivity index (χ0n) is 9.39. The van der Waals surface area contributed by atoms with Gasteiger partial charge < -0.3 is 21.3 Å².